The van der Waals surface area contributed by atoms with E-state index >= 15 is 0 Å². The van der Waals surface area contributed by atoms with E-state index < -0.39 is 0 Å². The molecule has 0 spiro atoms. The maximum Gasteiger partial charge on any atom is 0.0787 e. The van der Waals surface area contributed by atoms with Gasteiger partial charge in [-0.2, -0.15) is 0 Å². The molecule has 0 amide bonds. The molecule has 0 aliphatic carbocycles. The minimum Gasteiger partial charge on any atom is -0.394 e. The standard InChI is InChI=1S/C10H22O3/c1-8(6-11)12-7-9(2)13-10(3,4)5/h8-9,11H,6-7H2,1-5H3. The first-order chi connectivity index (χ1) is 5.85. The molecule has 2 unspecified atom stereocenters. The van der Waals surface area contributed by atoms with Gasteiger partial charge < -0.3 is 14.6 Å². The Balaban J connectivity index is 3.57. The Bertz CT molecular complexity index is 129. The largest absolute Gasteiger partial charge is 0.394 e. The molecule has 80 valence electrons. The summed E-state index contributed by atoms with van der Waals surface area (Å²) in [4.78, 5) is 0. The van der Waals surface area contributed by atoms with Crippen molar-refractivity contribution in [1.29, 1.82) is 0 Å². The SMILES string of the molecule is CC(CO)OCC(C)OC(C)(C)C. The van der Waals surface area contributed by atoms with Gasteiger partial charge in [-0.25, -0.2) is 0 Å². The van der Waals surface area contributed by atoms with Crippen LogP contribution in [0, 0.1) is 0 Å². The van der Waals surface area contributed by atoms with E-state index in [-0.39, 0.29) is 24.4 Å². The molecular formula is C10H22O3. The maximum absolute atomic E-state index is 8.71. The van der Waals surface area contributed by atoms with Crippen LogP contribution in [-0.4, -0.2) is 36.1 Å². The van der Waals surface area contributed by atoms with Crippen LogP contribution in [-0.2, 0) is 9.47 Å². The van der Waals surface area contributed by atoms with Crippen molar-refractivity contribution in [2.24, 2.45) is 0 Å². The highest BCUT2D eigenvalue weighted by molar-refractivity contribution is 4.62. The molecule has 0 radical (unpaired) electrons. The zero-order valence-electron chi connectivity index (χ0n) is 9.33. The molecule has 0 heterocycles. The van der Waals surface area contributed by atoms with E-state index in [1.165, 1.54) is 0 Å². The number of hydrogen-bond donors (Lipinski definition) is 1. The quantitative estimate of drug-likeness (QED) is 0.715. The average Bonchev–Trinajstić information content (AvgIpc) is 1.97. The molecule has 3 heteroatoms. The Morgan fingerprint density at radius 2 is 1.69 bits per heavy atom. The van der Waals surface area contributed by atoms with Crippen LogP contribution in [0.2, 0.25) is 0 Å². The van der Waals surface area contributed by atoms with Crippen LogP contribution in [0.4, 0.5) is 0 Å². The number of hydrogen-bond acceptors (Lipinski definition) is 3. The van der Waals surface area contributed by atoms with Gasteiger partial charge in [0.1, 0.15) is 0 Å². The third-order valence-electron chi connectivity index (χ3n) is 1.43. The highest BCUT2D eigenvalue weighted by Crippen LogP contribution is 2.10. The molecule has 0 aromatic rings. The van der Waals surface area contributed by atoms with Crippen molar-refractivity contribution in [1.82, 2.24) is 0 Å². The summed E-state index contributed by atoms with van der Waals surface area (Å²) in [5.41, 5.74) is -0.134. The number of rotatable bonds is 5. The Labute approximate surface area is 81.0 Å². The Kier molecular flexibility index (Phi) is 5.53. The Morgan fingerprint density at radius 3 is 2.08 bits per heavy atom. The van der Waals surface area contributed by atoms with Crippen LogP contribution < -0.4 is 0 Å². The topological polar surface area (TPSA) is 38.7 Å². The zero-order chi connectivity index (χ0) is 10.5. The van der Waals surface area contributed by atoms with Crippen LogP contribution in [0.3, 0.4) is 0 Å². The van der Waals surface area contributed by atoms with Gasteiger partial charge in [0.15, 0.2) is 0 Å². The van der Waals surface area contributed by atoms with Crippen molar-refractivity contribution >= 4 is 0 Å². The lowest BCUT2D eigenvalue weighted by Crippen LogP contribution is -2.30. The first-order valence-electron chi connectivity index (χ1n) is 4.75. The van der Waals surface area contributed by atoms with Gasteiger partial charge in [0.05, 0.1) is 31.0 Å². The summed E-state index contributed by atoms with van der Waals surface area (Å²) in [7, 11) is 0. The van der Waals surface area contributed by atoms with Gasteiger partial charge in [-0.1, -0.05) is 0 Å². The molecule has 0 aliphatic rings. The van der Waals surface area contributed by atoms with Crippen molar-refractivity contribution < 1.29 is 14.6 Å². The van der Waals surface area contributed by atoms with Crippen molar-refractivity contribution in [3.8, 4) is 0 Å². The molecular weight excluding hydrogens is 168 g/mol. The predicted octanol–water partition coefficient (Wildman–Crippen LogP) is 1.59. The minimum atomic E-state index is -0.134. The number of ether oxygens (including phenoxy) is 2. The normalized spacial score (nSPS) is 17.1. The highest BCUT2D eigenvalue weighted by atomic mass is 16.6. The molecule has 0 aromatic heterocycles. The molecule has 1 N–H and O–H groups in total. The maximum atomic E-state index is 8.71. The minimum absolute atomic E-state index is 0.0578. The fourth-order valence-corrected chi connectivity index (χ4v) is 0.990. The molecule has 2 atom stereocenters. The lowest BCUT2D eigenvalue weighted by atomic mass is 10.2. The van der Waals surface area contributed by atoms with Crippen LogP contribution in [0.15, 0.2) is 0 Å². The van der Waals surface area contributed by atoms with E-state index in [9.17, 15) is 0 Å². The average molecular weight is 190 g/mol. The van der Waals surface area contributed by atoms with E-state index in [1.54, 1.807) is 0 Å². The molecule has 0 saturated heterocycles. The number of aliphatic hydroxyl groups is 1. The van der Waals surface area contributed by atoms with Crippen molar-refractivity contribution in [2.45, 2.75) is 52.4 Å². The van der Waals surface area contributed by atoms with Crippen molar-refractivity contribution in [3.63, 3.8) is 0 Å². The molecule has 13 heavy (non-hydrogen) atoms. The summed E-state index contributed by atoms with van der Waals surface area (Å²) in [5, 5.41) is 8.71. The predicted molar refractivity (Wildman–Crippen MR) is 52.8 cm³/mol. The van der Waals surface area contributed by atoms with Gasteiger partial charge in [0.25, 0.3) is 0 Å². The summed E-state index contributed by atoms with van der Waals surface area (Å²) in [6.07, 6.45) is -0.0416. The third kappa shape index (κ3) is 8.22. The van der Waals surface area contributed by atoms with Gasteiger partial charge >= 0.3 is 0 Å². The van der Waals surface area contributed by atoms with Crippen LogP contribution in [0.25, 0.3) is 0 Å². The van der Waals surface area contributed by atoms with Crippen molar-refractivity contribution in [3.05, 3.63) is 0 Å². The van der Waals surface area contributed by atoms with Crippen molar-refractivity contribution in [2.75, 3.05) is 13.2 Å². The molecule has 0 saturated carbocycles. The lowest BCUT2D eigenvalue weighted by molar-refractivity contribution is -0.0996. The van der Waals surface area contributed by atoms with Gasteiger partial charge in [-0.15, -0.1) is 0 Å². The smallest absolute Gasteiger partial charge is 0.0787 e. The summed E-state index contributed by atoms with van der Waals surface area (Å²) < 4.78 is 10.9. The molecule has 0 aliphatic heterocycles. The second kappa shape index (κ2) is 5.58. The van der Waals surface area contributed by atoms with Crippen LogP contribution in [0.1, 0.15) is 34.6 Å². The zero-order valence-corrected chi connectivity index (χ0v) is 9.33. The molecule has 0 bridgehead atoms. The van der Waals surface area contributed by atoms with E-state index in [4.69, 9.17) is 14.6 Å². The molecule has 0 rings (SSSR count). The molecule has 0 aromatic carbocycles. The van der Waals surface area contributed by atoms with Gasteiger partial charge in [0, 0.05) is 0 Å². The first kappa shape index (κ1) is 12.9. The summed E-state index contributed by atoms with van der Waals surface area (Å²) in [6.45, 7) is 10.4. The monoisotopic (exact) mass is 190 g/mol. The van der Waals surface area contributed by atoms with Crippen LogP contribution in [0.5, 0.6) is 0 Å². The Hall–Kier alpha value is -0.120. The lowest BCUT2D eigenvalue weighted by Gasteiger charge is -2.25. The molecule has 3 nitrogen and oxygen atoms in total. The van der Waals surface area contributed by atoms with E-state index in [1.807, 2.05) is 34.6 Å². The second-order valence-electron chi connectivity index (χ2n) is 4.37. The first-order valence-corrected chi connectivity index (χ1v) is 4.75. The molecule has 0 fully saturated rings. The van der Waals surface area contributed by atoms with E-state index in [0.717, 1.165) is 0 Å². The van der Waals surface area contributed by atoms with E-state index in [2.05, 4.69) is 0 Å². The highest BCUT2D eigenvalue weighted by Gasteiger charge is 2.15. The van der Waals surface area contributed by atoms with Crippen LogP contribution >= 0.6 is 0 Å². The summed E-state index contributed by atoms with van der Waals surface area (Å²) >= 11 is 0. The summed E-state index contributed by atoms with van der Waals surface area (Å²) in [5.74, 6) is 0. The number of aliphatic hydroxyl groups excluding tert-OH is 1. The van der Waals surface area contributed by atoms with Gasteiger partial charge in [-0.3, -0.25) is 0 Å². The van der Waals surface area contributed by atoms with E-state index in [0.29, 0.717) is 6.61 Å². The van der Waals surface area contributed by atoms with Gasteiger partial charge in [0.2, 0.25) is 0 Å². The fourth-order valence-electron chi connectivity index (χ4n) is 0.990. The van der Waals surface area contributed by atoms with Gasteiger partial charge in [-0.05, 0) is 34.6 Å². The fraction of sp³-hybridized carbons (Fsp3) is 1.00. The summed E-state index contributed by atoms with van der Waals surface area (Å²) in [6, 6.07) is 0. The second-order valence-corrected chi connectivity index (χ2v) is 4.37. The Morgan fingerprint density at radius 1 is 1.15 bits per heavy atom. The third-order valence-corrected chi connectivity index (χ3v) is 1.43.